The second kappa shape index (κ2) is 9.50. The van der Waals surface area contributed by atoms with Gasteiger partial charge >= 0.3 is 5.97 Å². The molecule has 7 nitrogen and oxygen atoms in total. The Balaban J connectivity index is 1.71. The van der Waals surface area contributed by atoms with Crippen molar-refractivity contribution in [3.63, 3.8) is 0 Å². The summed E-state index contributed by atoms with van der Waals surface area (Å²) in [6.07, 6.45) is 0.0107. The van der Waals surface area contributed by atoms with Crippen LogP contribution in [0.15, 0.2) is 51.6 Å². The summed E-state index contributed by atoms with van der Waals surface area (Å²) in [5, 5.41) is 2.76. The molecule has 4 rings (SSSR count). The molecule has 1 aromatic carbocycles. The highest BCUT2D eigenvalue weighted by Gasteiger charge is 2.42. The molecule has 0 spiro atoms. The standard InChI is InChI=1S/C24H29N3O4S/c1-15(2)31-23(29)21-17(4)25-24-27(22(21)19-8-6-5-7-16(19)3)18(14-32-24)13-20(28)26-9-11-30-12-10-26/h5-8,14-15,22H,9-13H2,1-4H3. The van der Waals surface area contributed by atoms with Crippen molar-refractivity contribution < 1.29 is 19.1 Å². The average Bonchev–Trinajstić information content (AvgIpc) is 3.15. The summed E-state index contributed by atoms with van der Waals surface area (Å²) in [5.74, 6) is -0.313. The van der Waals surface area contributed by atoms with Gasteiger partial charge in [-0.1, -0.05) is 36.0 Å². The number of morpholine rings is 1. The number of amides is 1. The Hall–Kier alpha value is -2.58. The lowest BCUT2D eigenvalue weighted by molar-refractivity contribution is -0.143. The van der Waals surface area contributed by atoms with Gasteiger partial charge in [-0.2, -0.15) is 0 Å². The van der Waals surface area contributed by atoms with Crippen LogP contribution in [-0.4, -0.2) is 59.3 Å². The molecule has 1 atom stereocenters. The van der Waals surface area contributed by atoms with Gasteiger partial charge in [0.05, 0.1) is 43.1 Å². The van der Waals surface area contributed by atoms with Crippen LogP contribution in [0.25, 0.3) is 0 Å². The lowest BCUT2D eigenvalue weighted by atomic mass is 9.91. The second-order valence-corrected chi connectivity index (χ2v) is 9.21. The van der Waals surface area contributed by atoms with Crippen molar-refractivity contribution in [1.82, 2.24) is 9.80 Å². The normalized spacial score (nSPS) is 20.8. The first kappa shape index (κ1) is 22.6. The third-order valence-electron chi connectivity index (χ3n) is 5.74. The number of esters is 1. The molecule has 1 amide bonds. The highest BCUT2D eigenvalue weighted by molar-refractivity contribution is 8.16. The summed E-state index contributed by atoms with van der Waals surface area (Å²) < 4.78 is 11.0. The monoisotopic (exact) mass is 455 g/mol. The quantitative estimate of drug-likeness (QED) is 0.630. The number of benzene rings is 1. The number of hydrogen-bond donors (Lipinski definition) is 0. The van der Waals surface area contributed by atoms with Crippen molar-refractivity contribution in [3.05, 3.63) is 57.8 Å². The molecule has 32 heavy (non-hydrogen) atoms. The predicted molar refractivity (Wildman–Crippen MR) is 125 cm³/mol. The van der Waals surface area contributed by atoms with Gasteiger partial charge in [0.25, 0.3) is 0 Å². The first-order valence-corrected chi connectivity index (χ1v) is 11.8. The fourth-order valence-electron chi connectivity index (χ4n) is 4.18. The fraction of sp³-hybridized carbons (Fsp3) is 0.458. The van der Waals surface area contributed by atoms with Gasteiger partial charge in [0.15, 0.2) is 5.17 Å². The van der Waals surface area contributed by atoms with Crippen LogP contribution in [0.4, 0.5) is 0 Å². The highest BCUT2D eigenvalue weighted by Crippen LogP contribution is 2.45. The zero-order valence-electron chi connectivity index (χ0n) is 19.0. The van der Waals surface area contributed by atoms with Gasteiger partial charge in [-0.25, -0.2) is 9.79 Å². The van der Waals surface area contributed by atoms with E-state index in [2.05, 4.69) is 0 Å². The van der Waals surface area contributed by atoms with Crippen LogP contribution < -0.4 is 0 Å². The molecule has 1 unspecified atom stereocenters. The lowest BCUT2D eigenvalue weighted by Gasteiger charge is -2.37. The highest BCUT2D eigenvalue weighted by atomic mass is 32.2. The van der Waals surface area contributed by atoms with Crippen LogP contribution in [-0.2, 0) is 19.1 Å². The summed E-state index contributed by atoms with van der Waals surface area (Å²) in [6, 6.07) is 7.63. The Morgan fingerprint density at radius 3 is 2.62 bits per heavy atom. The topological polar surface area (TPSA) is 71.4 Å². The number of allylic oxidation sites excluding steroid dienone is 1. The lowest BCUT2D eigenvalue weighted by Crippen LogP contribution is -2.42. The van der Waals surface area contributed by atoms with E-state index in [4.69, 9.17) is 14.5 Å². The number of amidine groups is 1. The van der Waals surface area contributed by atoms with E-state index < -0.39 is 6.04 Å². The number of carbonyl (C=O) groups excluding carboxylic acids is 2. The van der Waals surface area contributed by atoms with Crippen molar-refractivity contribution in [1.29, 1.82) is 0 Å². The maximum absolute atomic E-state index is 13.2. The molecule has 0 aliphatic carbocycles. The van der Waals surface area contributed by atoms with E-state index in [1.165, 1.54) is 11.8 Å². The third kappa shape index (κ3) is 4.47. The Labute approximate surface area is 193 Å². The summed E-state index contributed by atoms with van der Waals surface area (Å²) in [6.45, 7) is 9.90. The first-order valence-electron chi connectivity index (χ1n) is 10.9. The number of aliphatic imine (C=N–C) groups is 1. The molecule has 3 heterocycles. The maximum atomic E-state index is 13.2. The number of rotatable bonds is 5. The molecule has 0 bridgehead atoms. The van der Waals surface area contributed by atoms with Gasteiger partial charge in [0.1, 0.15) is 0 Å². The minimum Gasteiger partial charge on any atom is -0.459 e. The fourth-order valence-corrected chi connectivity index (χ4v) is 5.14. The van der Waals surface area contributed by atoms with E-state index in [9.17, 15) is 9.59 Å². The van der Waals surface area contributed by atoms with E-state index in [1.54, 1.807) is 0 Å². The van der Waals surface area contributed by atoms with Gasteiger partial charge in [-0.3, -0.25) is 4.79 Å². The largest absolute Gasteiger partial charge is 0.459 e. The van der Waals surface area contributed by atoms with Crippen LogP contribution in [0.5, 0.6) is 0 Å². The molecule has 8 heteroatoms. The van der Waals surface area contributed by atoms with Gasteiger partial charge in [0, 0.05) is 18.8 Å². The molecule has 1 fully saturated rings. The Morgan fingerprint density at radius 1 is 1.22 bits per heavy atom. The minimum atomic E-state index is -0.395. The zero-order valence-corrected chi connectivity index (χ0v) is 19.8. The van der Waals surface area contributed by atoms with E-state index >= 15 is 0 Å². The number of fused-ring (bicyclic) bond motifs is 1. The van der Waals surface area contributed by atoms with Gasteiger partial charge in [-0.15, -0.1) is 0 Å². The third-order valence-corrected chi connectivity index (χ3v) is 6.63. The van der Waals surface area contributed by atoms with E-state index in [0.29, 0.717) is 37.6 Å². The second-order valence-electron chi connectivity index (χ2n) is 8.37. The van der Waals surface area contributed by atoms with E-state index in [1.807, 2.05) is 67.2 Å². The van der Waals surface area contributed by atoms with E-state index in [0.717, 1.165) is 22.0 Å². The SMILES string of the molecule is CC1=C(C(=O)OC(C)C)C(c2ccccc2C)N2C(CC(=O)N3CCOCC3)=CSC2=N1. The van der Waals surface area contributed by atoms with Crippen LogP contribution in [0, 0.1) is 6.92 Å². The number of ether oxygens (including phenoxy) is 2. The van der Waals surface area contributed by atoms with Crippen molar-refractivity contribution in [2.24, 2.45) is 4.99 Å². The summed E-state index contributed by atoms with van der Waals surface area (Å²) in [5.41, 5.74) is 4.08. The average molecular weight is 456 g/mol. The smallest absolute Gasteiger partial charge is 0.338 e. The molecule has 0 aromatic heterocycles. The van der Waals surface area contributed by atoms with Crippen molar-refractivity contribution in [2.75, 3.05) is 26.3 Å². The molecule has 3 aliphatic rings. The molecule has 1 saturated heterocycles. The van der Waals surface area contributed by atoms with Gasteiger partial charge in [-0.05, 0) is 44.2 Å². The zero-order chi connectivity index (χ0) is 22.8. The molecule has 0 radical (unpaired) electrons. The summed E-state index contributed by atoms with van der Waals surface area (Å²) >= 11 is 1.49. The predicted octanol–water partition coefficient (Wildman–Crippen LogP) is 3.77. The molecule has 3 aliphatic heterocycles. The number of thioether (sulfide) groups is 1. The number of carbonyl (C=O) groups is 2. The number of nitrogens with zero attached hydrogens (tertiary/aromatic N) is 3. The molecule has 0 N–H and O–H groups in total. The first-order chi connectivity index (χ1) is 15.4. The van der Waals surface area contributed by atoms with Gasteiger partial charge in [0.2, 0.25) is 5.91 Å². The Kier molecular flexibility index (Phi) is 6.71. The van der Waals surface area contributed by atoms with Crippen molar-refractivity contribution in [2.45, 2.75) is 46.3 Å². The van der Waals surface area contributed by atoms with Crippen LogP contribution in [0.2, 0.25) is 0 Å². The minimum absolute atomic E-state index is 0.0579. The van der Waals surface area contributed by atoms with Crippen molar-refractivity contribution >= 4 is 28.8 Å². The summed E-state index contributed by atoms with van der Waals surface area (Å²) in [7, 11) is 0. The van der Waals surface area contributed by atoms with Gasteiger partial charge < -0.3 is 19.3 Å². The van der Waals surface area contributed by atoms with Crippen LogP contribution >= 0.6 is 11.8 Å². The molecule has 170 valence electrons. The number of hydrogen-bond acceptors (Lipinski definition) is 7. The molecular formula is C24H29N3O4S. The Bertz CT molecular complexity index is 1010. The molecule has 1 aromatic rings. The van der Waals surface area contributed by atoms with Crippen LogP contribution in [0.1, 0.15) is 44.4 Å². The van der Waals surface area contributed by atoms with Crippen LogP contribution in [0.3, 0.4) is 0 Å². The Morgan fingerprint density at radius 2 is 1.94 bits per heavy atom. The maximum Gasteiger partial charge on any atom is 0.338 e. The summed E-state index contributed by atoms with van der Waals surface area (Å²) in [4.78, 5) is 34.8. The van der Waals surface area contributed by atoms with Crippen molar-refractivity contribution in [3.8, 4) is 0 Å². The number of aryl methyl sites for hydroxylation is 1. The molecule has 0 saturated carbocycles. The molecular weight excluding hydrogens is 426 g/mol. The van der Waals surface area contributed by atoms with E-state index in [-0.39, 0.29) is 24.4 Å².